The molecule has 0 atom stereocenters. The van der Waals surface area contributed by atoms with Gasteiger partial charge in [-0.25, -0.2) is 5.43 Å². The minimum Gasteiger partial charge on any atom is -0.504 e. The van der Waals surface area contributed by atoms with Gasteiger partial charge >= 0.3 is 0 Å². The summed E-state index contributed by atoms with van der Waals surface area (Å²) >= 11 is 6.61. The standard InChI is InChI=1S/C15H12Br2N2O3/c1-22-13-7-12(17)6-10(14(13)20)8-18-19-15(21)9-2-4-11(16)5-3-9/h2-8,20H,1H3,(H,19,21)/b18-8-. The van der Waals surface area contributed by atoms with Crippen LogP contribution in [0.4, 0.5) is 0 Å². The first-order valence-corrected chi connectivity index (χ1v) is 7.75. The highest BCUT2D eigenvalue weighted by Crippen LogP contribution is 2.32. The number of halogens is 2. The highest BCUT2D eigenvalue weighted by Gasteiger charge is 2.08. The van der Waals surface area contributed by atoms with E-state index in [1.54, 1.807) is 36.4 Å². The fourth-order valence-corrected chi connectivity index (χ4v) is 2.39. The van der Waals surface area contributed by atoms with Crippen LogP contribution in [0.25, 0.3) is 0 Å². The monoisotopic (exact) mass is 426 g/mol. The second-order valence-electron chi connectivity index (χ2n) is 4.25. The van der Waals surface area contributed by atoms with Gasteiger partial charge in [-0.2, -0.15) is 5.10 Å². The molecule has 1 amide bonds. The molecule has 7 heteroatoms. The Labute approximate surface area is 144 Å². The first-order chi connectivity index (χ1) is 10.5. The smallest absolute Gasteiger partial charge is 0.271 e. The van der Waals surface area contributed by atoms with Gasteiger partial charge in [0, 0.05) is 20.1 Å². The molecule has 22 heavy (non-hydrogen) atoms. The number of carbonyl (C=O) groups excluding carboxylic acids is 1. The van der Waals surface area contributed by atoms with Gasteiger partial charge in [-0.1, -0.05) is 31.9 Å². The highest BCUT2D eigenvalue weighted by atomic mass is 79.9. The maximum atomic E-state index is 11.9. The third kappa shape index (κ3) is 4.08. The van der Waals surface area contributed by atoms with E-state index in [0.717, 1.165) is 8.95 Å². The van der Waals surface area contributed by atoms with E-state index in [4.69, 9.17) is 4.74 Å². The number of nitrogens with one attached hydrogen (secondary N) is 1. The number of benzene rings is 2. The molecule has 114 valence electrons. The Morgan fingerprint density at radius 2 is 1.91 bits per heavy atom. The number of nitrogens with zero attached hydrogens (tertiary/aromatic N) is 1. The van der Waals surface area contributed by atoms with E-state index in [1.807, 2.05) is 0 Å². The molecule has 2 aromatic rings. The Kier molecular flexibility index (Phi) is 5.57. The summed E-state index contributed by atoms with van der Waals surface area (Å²) in [6.45, 7) is 0. The summed E-state index contributed by atoms with van der Waals surface area (Å²) < 4.78 is 6.65. The summed E-state index contributed by atoms with van der Waals surface area (Å²) in [4.78, 5) is 11.9. The van der Waals surface area contributed by atoms with E-state index >= 15 is 0 Å². The normalized spacial score (nSPS) is 10.7. The van der Waals surface area contributed by atoms with Crippen molar-refractivity contribution in [3.63, 3.8) is 0 Å². The average molecular weight is 428 g/mol. The zero-order chi connectivity index (χ0) is 16.1. The Morgan fingerprint density at radius 1 is 1.23 bits per heavy atom. The molecule has 0 fully saturated rings. The van der Waals surface area contributed by atoms with Crippen molar-refractivity contribution >= 4 is 44.0 Å². The number of hydrogen-bond acceptors (Lipinski definition) is 4. The van der Waals surface area contributed by atoms with Crippen molar-refractivity contribution < 1.29 is 14.6 Å². The molecule has 0 unspecified atom stereocenters. The molecule has 2 N–H and O–H groups in total. The largest absolute Gasteiger partial charge is 0.504 e. The van der Waals surface area contributed by atoms with Crippen LogP contribution < -0.4 is 10.2 Å². The number of carbonyl (C=O) groups is 1. The van der Waals surface area contributed by atoms with Crippen molar-refractivity contribution in [1.29, 1.82) is 0 Å². The third-order valence-corrected chi connectivity index (χ3v) is 3.75. The summed E-state index contributed by atoms with van der Waals surface area (Å²) in [5, 5.41) is 13.8. The van der Waals surface area contributed by atoms with Gasteiger partial charge in [0.2, 0.25) is 0 Å². The van der Waals surface area contributed by atoms with E-state index in [9.17, 15) is 9.90 Å². The van der Waals surface area contributed by atoms with Crippen molar-refractivity contribution in [3.8, 4) is 11.5 Å². The average Bonchev–Trinajstić information content (AvgIpc) is 2.50. The predicted octanol–water partition coefficient (Wildman–Crippen LogP) is 3.69. The van der Waals surface area contributed by atoms with Crippen molar-refractivity contribution in [2.24, 2.45) is 5.10 Å². The van der Waals surface area contributed by atoms with E-state index in [1.165, 1.54) is 13.3 Å². The maximum Gasteiger partial charge on any atom is 0.271 e. The number of aromatic hydroxyl groups is 1. The van der Waals surface area contributed by atoms with Crippen LogP contribution in [0.2, 0.25) is 0 Å². The van der Waals surface area contributed by atoms with Crippen molar-refractivity contribution in [2.75, 3.05) is 7.11 Å². The van der Waals surface area contributed by atoms with E-state index < -0.39 is 0 Å². The number of ether oxygens (including phenoxy) is 1. The Balaban J connectivity index is 2.11. The molecule has 0 saturated heterocycles. The second-order valence-corrected chi connectivity index (χ2v) is 6.08. The first kappa shape index (κ1) is 16.5. The quantitative estimate of drug-likeness (QED) is 0.577. The first-order valence-electron chi connectivity index (χ1n) is 6.16. The molecule has 2 rings (SSSR count). The number of phenolic OH excluding ortho intramolecular Hbond substituents is 1. The van der Waals surface area contributed by atoms with Gasteiger partial charge in [-0.05, 0) is 36.4 Å². The third-order valence-electron chi connectivity index (χ3n) is 2.77. The number of hydrogen-bond donors (Lipinski definition) is 2. The van der Waals surface area contributed by atoms with Crippen molar-refractivity contribution in [3.05, 3.63) is 56.5 Å². The molecular weight excluding hydrogens is 416 g/mol. The lowest BCUT2D eigenvalue weighted by Crippen LogP contribution is -2.17. The van der Waals surface area contributed by atoms with Crippen LogP contribution in [-0.4, -0.2) is 24.3 Å². The molecule has 0 aliphatic carbocycles. The zero-order valence-electron chi connectivity index (χ0n) is 11.5. The fourth-order valence-electron chi connectivity index (χ4n) is 1.67. The van der Waals surface area contributed by atoms with Gasteiger partial charge in [0.05, 0.1) is 13.3 Å². The summed E-state index contributed by atoms with van der Waals surface area (Å²) in [5.41, 5.74) is 3.30. The Bertz CT molecular complexity index is 715. The van der Waals surface area contributed by atoms with E-state index in [2.05, 4.69) is 42.4 Å². The summed E-state index contributed by atoms with van der Waals surface area (Å²) in [5.74, 6) is -0.0763. The molecule has 0 spiro atoms. The topological polar surface area (TPSA) is 70.9 Å². The van der Waals surface area contributed by atoms with Gasteiger partial charge in [-0.3, -0.25) is 4.79 Å². The molecule has 5 nitrogen and oxygen atoms in total. The Morgan fingerprint density at radius 3 is 2.55 bits per heavy atom. The molecule has 0 aromatic heterocycles. The lowest BCUT2D eigenvalue weighted by atomic mass is 10.2. The van der Waals surface area contributed by atoms with Crippen LogP contribution in [-0.2, 0) is 0 Å². The molecule has 0 aliphatic rings. The number of methoxy groups -OCH3 is 1. The van der Waals surface area contributed by atoms with Crippen LogP contribution >= 0.6 is 31.9 Å². The minimum atomic E-state index is -0.342. The van der Waals surface area contributed by atoms with Crippen LogP contribution in [0.15, 0.2) is 50.4 Å². The number of rotatable bonds is 4. The summed E-state index contributed by atoms with van der Waals surface area (Å²) in [6.07, 6.45) is 1.35. The zero-order valence-corrected chi connectivity index (χ0v) is 14.7. The highest BCUT2D eigenvalue weighted by molar-refractivity contribution is 9.10. The van der Waals surface area contributed by atoms with Crippen LogP contribution in [0.1, 0.15) is 15.9 Å². The predicted molar refractivity (Wildman–Crippen MR) is 91.6 cm³/mol. The molecule has 0 saturated carbocycles. The summed E-state index contributed by atoms with van der Waals surface area (Å²) in [7, 11) is 1.46. The summed E-state index contributed by atoms with van der Waals surface area (Å²) in [6, 6.07) is 10.2. The number of amides is 1. The van der Waals surface area contributed by atoms with Gasteiger partial charge in [0.25, 0.3) is 5.91 Å². The molecule has 2 aromatic carbocycles. The fraction of sp³-hybridized carbons (Fsp3) is 0.0667. The second kappa shape index (κ2) is 7.42. The van der Waals surface area contributed by atoms with Crippen molar-refractivity contribution in [2.45, 2.75) is 0 Å². The minimum absolute atomic E-state index is 0.0488. The van der Waals surface area contributed by atoms with Gasteiger partial charge < -0.3 is 9.84 Å². The SMILES string of the molecule is COc1cc(Br)cc(/C=N\NC(=O)c2ccc(Br)cc2)c1O. The molecule has 0 heterocycles. The van der Waals surface area contributed by atoms with E-state index in [0.29, 0.717) is 16.9 Å². The molecule has 0 aliphatic heterocycles. The lowest BCUT2D eigenvalue weighted by Gasteiger charge is -2.06. The van der Waals surface area contributed by atoms with Gasteiger partial charge in [0.15, 0.2) is 11.5 Å². The number of phenols is 1. The maximum absolute atomic E-state index is 11.9. The van der Waals surface area contributed by atoms with Crippen LogP contribution in [0, 0.1) is 0 Å². The molecule has 0 bridgehead atoms. The van der Waals surface area contributed by atoms with Crippen molar-refractivity contribution in [1.82, 2.24) is 5.43 Å². The molecule has 0 radical (unpaired) electrons. The van der Waals surface area contributed by atoms with Gasteiger partial charge in [-0.15, -0.1) is 0 Å². The van der Waals surface area contributed by atoms with Crippen LogP contribution in [0.3, 0.4) is 0 Å². The lowest BCUT2D eigenvalue weighted by molar-refractivity contribution is 0.0955. The van der Waals surface area contributed by atoms with Gasteiger partial charge in [0.1, 0.15) is 0 Å². The van der Waals surface area contributed by atoms with Crippen LogP contribution in [0.5, 0.6) is 11.5 Å². The molecular formula is C15H12Br2N2O3. The van der Waals surface area contributed by atoms with E-state index in [-0.39, 0.29) is 11.7 Å². The number of hydrazone groups is 1. The Hall–Kier alpha value is -1.86.